The van der Waals surface area contributed by atoms with Gasteiger partial charge in [-0.25, -0.2) is 0 Å². The van der Waals surface area contributed by atoms with Crippen LogP contribution in [-0.2, 0) is 0 Å². The molecule has 3 aromatic rings. The molecule has 0 amide bonds. The third-order valence-corrected chi connectivity index (χ3v) is 3.66. The van der Waals surface area contributed by atoms with E-state index in [1.54, 1.807) is 11.3 Å². The summed E-state index contributed by atoms with van der Waals surface area (Å²) < 4.78 is 2.55. The molecule has 0 aliphatic heterocycles. The highest BCUT2D eigenvalue weighted by molar-refractivity contribution is 7.80. The first-order valence-corrected chi connectivity index (χ1v) is 5.56. The Morgan fingerprint density at radius 2 is 1.93 bits per heavy atom. The van der Waals surface area contributed by atoms with E-state index < -0.39 is 0 Å². The van der Waals surface area contributed by atoms with Gasteiger partial charge < -0.3 is 0 Å². The minimum atomic E-state index is 0.910. The van der Waals surface area contributed by atoms with E-state index in [2.05, 4.69) is 24.3 Å². The number of hydrogen-bond donors (Lipinski definition) is 0. The quantitative estimate of drug-likeness (QED) is 0.520. The smallest absolute Gasteiger partial charge is 0.0391 e. The zero-order valence-corrected chi connectivity index (χ0v) is 8.91. The van der Waals surface area contributed by atoms with E-state index in [-0.39, 0.29) is 0 Å². The summed E-state index contributed by atoms with van der Waals surface area (Å²) in [4.78, 5) is 0.910. The summed E-state index contributed by atoms with van der Waals surface area (Å²) in [6.45, 7) is 0. The second kappa shape index (κ2) is 2.94. The first-order chi connectivity index (χ1) is 6.84. The Morgan fingerprint density at radius 1 is 1.07 bits per heavy atom. The molecule has 0 atom stereocenters. The molecule has 0 saturated carbocycles. The van der Waals surface area contributed by atoms with Crippen molar-refractivity contribution >= 4 is 44.1 Å². The van der Waals surface area contributed by atoms with Crippen LogP contribution in [0.4, 0.5) is 0 Å². The summed E-state index contributed by atoms with van der Waals surface area (Å²) in [5.41, 5.74) is 0. The lowest BCUT2D eigenvalue weighted by atomic mass is 10.2. The summed E-state index contributed by atoms with van der Waals surface area (Å²) in [5, 5.41) is 2.60. The van der Waals surface area contributed by atoms with Gasteiger partial charge >= 0.3 is 0 Å². The average Bonchev–Trinajstić information content (AvgIpc) is 2.54. The molecular formula is C12H6S2. The minimum absolute atomic E-state index is 0.910. The Morgan fingerprint density at radius 3 is 2.86 bits per heavy atom. The highest BCUT2D eigenvalue weighted by Crippen LogP contribution is 2.34. The maximum Gasteiger partial charge on any atom is 0.0391 e. The van der Waals surface area contributed by atoms with Crippen LogP contribution in [0.25, 0.3) is 20.2 Å². The summed E-state index contributed by atoms with van der Waals surface area (Å²) in [6, 6.07) is 15.3. The van der Waals surface area contributed by atoms with Crippen LogP contribution in [0.1, 0.15) is 0 Å². The molecule has 0 unspecified atom stereocenters. The van der Waals surface area contributed by atoms with E-state index in [9.17, 15) is 0 Å². The van der Waals surface area contributed by atoms with Crippen molar-refractivity contribution in [1.29, 1.82) is 0 Å². The maximum absolute atomic E-state index is 5.14. The van der Waals surface area contributed by atoms with Crippen molar-refractivity contribution in [3.05, 3.63) is 42.5 Å². The zero-order valence-electron chi connectivity index (χ0n) is 7.28. The molecule has 0 aliphatic carbocycles. The van der Waals surface area contributed by atoms with Crippen molar-refractivity contribution in [2.45, 2.75) is 4.90 Å². The number of thiophene rings is 1. The number of rotatable bonds is 0. The third-order valence-electron chi connectivity index (χ3n) is 2.29. The van der Waals surface area contributed by atoms with Crippen molar-refractivity contribution in [2.75, 3.05) is 0 Å². The SMILES string of the molecule is [S]c1ccc2c(c1)sc1c[c]ccc12. The van der Waals surface area contributed by atoms with Gasteiger partial charge in [-0.3, -0.25) is 0 Å². The fourth-order valence-corrected chi connectivity index (χ4v) is 3.04. The second-order valence-electron chi connectivity index (χ2n) is 3.18. The fraction of sp³-hybridized carbons (Fsp3) is 0. The van der Waals surface area contributed by atoms with Gasteiger partial charge in [-0.2, -0.15) is 0 Å². The highest BCUT2D eigenvalue weighted by Gasteiger charge is 2.03. The molecule has 0 fully saturated rings. The molecule has 1 aromatic heterocycles. The van der Waals surface area contributed by atoms with E-state index >= 15 is 0 Å². The van der Waals surface area contributed by atoms with Gasteiger partial charge in [0.25, 0.3) is 0 Å². The number of fused-ring (bicyclic) bond motifs is 3. The molecule has 3 rings (SSSR count). The van der Waals surface area contributed by atoms with Crippen molar-refractivity contribution < 1.29 is 0 Å². The van der Waals surface area contributed by atoms with Crippen LogP contribution >= 0.6 is 24.0 Å². The Hall–Kier alpha value is -1.12. The molecule has 0 spiro atoms. The molecule has 14 heavy (non-hydrogen) atoms. The lowest BCUT2D eigenvalue weighted by Crippen LogP contribution is -1.66. The van der Waals surface area contributed by atoms with Crippen molar-refractivity contribution in [3.8, 4) is 0 Å². The normalized spacial score (nSPS) is 11.1. The van der Waals surface area contributed by atoms with Crippen molar-refractivity contribution in [3.63, 3.8) is 0 Å². The van der Waals surface area contributed by atoms with E-state index in [0.29, 0.717) is 0 Å². The maximum atomic E-state index is 5.14. The molecule has 0 saturated heterocycles. The first kappa shape index (κ1) is 8.21. The van der Waals surface area contributed by atoms with Gasteiger partial charge in [0.1, 0.15) is 0 Å². The van der Waals surface area contributed by atoms with E-state index in [1.165, 1.54) is 20.2 Å². The predicted molar refractivity (Wildman–Crippen MR) is 64.0 cm³/mol. The summed E-state index contributed by atoms with van der Waals surface area (Å²) in [7, 11) is 0. The molecule has 1 heterocycles. The standard InChI is InChI=1S/C12H6S2/c13-8-5-6-10-9-3-1-2-4-11(9)14-12(10)7-8/h1,3-7H. The number of benzene rings is 2. The largest absolute Gasteiger partial charge is 0.135 e. The molecule has 0 bridgehead atoms. The lowest BCUT2D eigenvalue weighted by molar-refractivity contribution is 1.55. The Balaban J connectivity index is 2.57. The molecular weight excluding hydrogens is 208 g/mol. The number of hydrogen-bond acceptors (Lipinski definition) is 1. The molecule has 0 nitrogen and oxygen atoms in total. The van der Waals surface area contributed by atoms with Gasteiger partial charge in [-0.15, -0.1) is 11.3 Å². The van der Waals surface area contributed by atoms with E-state index in [0.717, 1.165) is 4.90 Å². The molecule has 0 N–H and O–H groups in total. The monoisotopic (exact) mass is 214 g/mol. The van der Waals surface area contributed by atoms with Gasteiger partial charge in [-0.05, 0) is 24.3 Å². The van der Waals surface area contributed by atoms with Gasteiger partial charge in [0.15, 0.2) is 0 Å². The minimum Gasteiger partial charge on any atom is -0.135 e. The Bertz CT molecular complexity index is 608. The van der Waals surface area contributed by atoms with Gasteiger partial charge in [0.2, 0.25) is 0 Å². The van der Waals surface area contributed by atoms with Gasteiger partial charge in [0, 0.05) is 25.1 Å². The summed E-state index contributed by atoms with van der Waals surface area (Å²) >= 11 is 6.92. The van der Waals surface area contributed by atoms with Crippen LogP contribution in [0.2, 0.25) is 0 Å². The predicted octanol–water partition coefficient (Wildman–Crippen LogP) is 4.41. The van der Waals surface area contributed by atoms with Crippen LogP contribution in [-0.4, -0.2) is 0 Å². The third kappa shape index (κ3) is 1.11. The lowest BCUT2D eigenvalue weighted by Gasteiger charge is -1.90. The van der Waals surface area contributed by atoms with E-state index in [1.807, 2.05) is 18.2 Å². The van der Waals surface area contributed by atoms with Crippen LogP contribution in [0.15, 0.2) is 41.3 Å². The van der Waals surface area contributed by atoms with Crippen LogP contribution in [0.5, 0.6) is 0 Å². The van der Waals surface area contributed by atoms with Crippen LogP contribution < -0.4 is 0 Å². The van der Waals surface area contributed by atoms with Crippen LogP contribution in [0, 0.1) is 6.07 Å². The van der Waals surface area contributed by atoms with Crippen molar-refractivity contribution in [1.82, 2.24) is 0 Å². The highest BCUT2D eigenvalue weighted by atomic mass is 32.1. The second-order valence-corrected chi connectivity index (χ2v) is 4.74. The first-order valence-electron chi connectivity index (χ1n) is 4.34. The topological polar surface area (TPSA) is 0 Å². The Kier molecular flexibility index (Phi) is 1.72. The van der Waals surface area contributed by atoms with Gasteiger partial charge in [0.05, 0.1) is 0 Å². The summed E-state index contributed by atoms with van der Waals surface area (Å²) in [6.07, 6.45) is 0. The average molecular weight is 214 g/mol. The fourth-order valence-electron chi connectivity index (χ4n) is 1.65. The molecule has 0 aliphatic rings. The Labute approximate surface area is 91.6 Å². The van der Waals surface area contributed by atoms with E-state index in [4.69, 9.17) is 12.6 Å². The summed E-state index contributed by atoms with van der Waals surface area (Å²) in [5.74, 6) is 0. The molecule has 2 heteroatoms. The molecule has 66 valence electrons. The van der Waals surface area contributed by atoms with Gasteiger partial charge in [-0.1, -0.05) is 30.8 Å². The zero-order chi connectivity index (χ0) is 9.54. The molecule has 2 aromatic carbocycles. The molecule has 2 radical (unpaired) electrons. The van der Waals surface area contributed by atoms with Crippen LogP contribution in [0.3, 0.4) is 0 Å². The van der Waals surface area contributed by atoms with Crippen molar-refractivity contribution in [2.24, 2.45) is 0 Å².